The average Bonchev–Trinajstić information content (AvgIpc) is 2.51. The zero-order chi connectivity index (χ0) is 15.8. The molecule has 0 amide bonds. The second kappa shape index (κ2) is 8.73. The maximum absolute atomic E-state index is 10.5. The van der Waals surface area contributed by atoms with Crippen molar-refractivity contribution in [3.05, 3.63) is 23.4 Å². The van der Waals surface area contributed by atoms with E-state index in [-0.39, 0.29) is 6.42 Å². The van der Waals surface area contributed by atoms with Gasteiger partial charge in [-0.25, -0.2) is 4.98 Å². The molecule has 0 aliphatic carbocycles. The van der Waals surface area contributed by atoms with Crippen molar-refractivity contribution in [3.63, 3.8) is 0 Å². The number of nitrogens with one attached hydrogen (secondary N) is 1. The summed E-state index contributed by atoms with van der Waals surface area (Å²) in [7, 11) is 2.06. The fourth-order valence-corrected chi connectivity index (χ4v) is 2.81. The van der Waals surface area contributed by atoms with Gasteiger partial charge in [0.05, 0.1) is 0 Å². The number of carboxylic acid groups (broad SMARTS) is 1. The van der Waals surface area contributed by atoms with Gasteiger partial charge < -0.3 is 15.3 Å². The van der Waals surface area contributed by atoms with Crippen molar-refractivity contribution in [2.45, 2.75) is 44.9 Å². The smallest absolute Gasteiger partial charge is 0.303 e. The van der Waals surface area contributed by atoms with Gasteiger partial charge >= 0.3 is 5.97 Å². The van der Waals surface area contributed by atoms with Gasteiger partial charge in [-0.1, -0.05) is 6.07 Å². The molecule has 0 saturated carbocycles. The van der Waals surface area contributed by atoms with Gasteiger partial charge in [-0.05, 0) is 70.3 Å². The van der Waals surface area contributed by atoms with Gasteiger partial charge in [-0.2, -0.15) is 0 Å². The van der Waals surface area contributed by atoms with Crippen LogP contribution in [-0.4, -0.2) is 47.6 Å². The summed E-state index contributed by atoms with van der Waals surface area (Å²) in [6.07, 6.45) is 6.57. The van der Waals surface area contributed by atoms with Crippen LogP contribution in [0.15, 0.2) is 12.1 Å². The second-order valence-corrected chi connectivity index (χ2v) is 6.10. The summed E-state index contributed by atoms with van der Waals surface area (Å²) >= 11 is 0. The molecule has 1 aromatic rings. The molecule has 0 atom stereocenters. The highest BCUT2D eigenvalue weighted by atomic mass is 16.4. The molecule has 1 aliphatic rings. The molecule has 22 heavy (non-hydrogen) atoms. The van der Waals surface area contributed by atoms with E-state index >= 15 is 0 Å². The third-order valence-corrected chi connectivity index (χ3v) is 4.11. The Bertz CT molecular complexity index is 491. The van der Waals surface area contributed by atoms with Gasteiger partial charge in [0, 0.05) is 18.7 Å². The third kappa shape index (κ3) is 5.64. The minimum atomic E-state index is -0.708. The minimum Gasteiger partial charge on any atom is -0.481 e. The first kappa shape index (κ1) is 16.7. The normalized spacial score (nSPS) is 13.7. The molecular formula is C17H27N3O2. The number of carbonyl (C=O) groups is 1. The first-order chi connectivity index (χ1) is 10.6. The summed E-state index contributed by atoms with van der Waals surface area (Å²) in [5.74, 6) is 0.370. The van der Waals surface area contributed by atoms with Crippen LogP contribution in [0.4, 0.5) is 5.82 Å². The predicted octanol–water partition coefficient (Wildman–Crippen LogP) is 2.56. The standard InChI is InChI=1S/C17H27N3O2/c1-20(13-5-8-16(21)22)12-3-2-7-15-10-9-14-6-4-11-18-17(14)19-15/h9-10H,2-8,11-13H2,1H3,(H,18,19)(H,21,22). The second-order valence-electron chi connectivity index (χ2n) is 6.10. The number of aliphatic carboxylic acids is 1. The van der Waals surface area contributed by atoms with E-state index in [0.29, 0.717) is 0 Å². The molecule has 5 nitrogen and oxygen atoms in total. The lowest BCUT2D eigenvalue weighted by molar-refractivity contribution is -0.137. The summed E-state index contributed by atoms with van der Waals surface area (Å²) in [6, 6.07) is 4.37. The highest BCUT2D eigenvalue weighted by Gasteiger charge is 2.10. The molecule has 2 rings (SSSR count). The van der Waals surface area contributed by atoms with Crippen LogP contribution in [-0.2, 0) is 17.6 Å². The number of hydrogen-bond donors (Lipinski definition) is 2. The van der Waals surface area contributed by atoms with Gasteiger partial charge in [-0.15, -0.1) is 0 Å². The van der Waals surface area contributed by atoms with Gasteiger partial charge in [0.15, 0.2) is 0 Å². The van der Waals surface area contributed by atoms with Crippen molar-refractivity contribution in [1.82, 2.24) is 9.88 Å². The highest BCUT2D eigenvalue weighted by Crippen LogP contribution is 2.20. The summed E-state index contributed by atoms with van der Waals surface area (Å²) in [5.41, 5.74) is 2.51. The van der Waals surface area contributed by atoms with E-state index in [1.807, 2.05) is 0 Å². The van der Waals surface area contributed by atoms with Gasteiger partial charge in [0.2, 0.25) is 0 Å². The number of fused-ring (bicyclic) bond motifs is 1. The molecule has 2 heterocycles. The fraction of sp³-hybridized carbons (Fsp3) is 0.647. The van der Waals surface area contributed by atoms with Crippen LogP contribution < -0.4 is 5.32 Å². The number of aromatic nitrogens is 1. The van der Waals surface area contributed by atoms with Crippen molar-refractivity contribution in [1.29, 1.82) is 0 Å². The largest absolute Gasteiger partial charge is 0.481 e. The molecule has 0 unspecified atom stereocenters. The Morgan fingerprint density at radius 2 is 2.14 bits per heavy atom. The number of rotatable bonds is 9. The number of carboxylic acids is 1. The SMILES string of the molecule is CN(CCCCc1ccc2c(n1)NCCC2)CCCC(=O)O. The highest BCUT2D eigenvalue weighted by molar-refractivity contribution is 5.66. The van der Waals surface area contributed by atoms with E-state index in [0.717, 1.165) is 57.6 Å². The number of pyridine rings is 1. The molecule has 0 radical (unpaired) electrons. The van der Waals surface area contributed by atoms with Crippen LogP contribution in [0.2, 0.25) is 0 Å². The van der Waals surface area contributed by atoms with Gasteiger partial charge in [-0.3, -0.25) is 4.79 Å². The molecule has 0 saturated heterocycles. The third-order valence-electron chi connectivity index (χ3n) is 4.11. The van der Waals surface area contributed by atoms with Crippen LogP contribution in [0.3, 0.4) is 0 Å². The molecule has 0 spiro atoms. The Morgan fingerprint density at radius 3 is 2.95 bits per heavy atom. The Balaban J connectivity index is 1.63. The van der Waals surface area contributed by atoms with Crippen LogP contribution in [0, 0.1) is 0 Å². The minimum absolute atomic E-state index is 0.260. The molecular weight excluding hydrogens is 278 g/mol. The van der Waals surface area contributed by atoms with E-state index < -0.39 is 5.97 Å². The number of anilines is 1. The lowest BCUT2D eigenvalue weighted by atomic mass is 10.1. The van der Waals surface area contributed by atoms with Crippen LogP contribution in [0.1, 0.15) is 43.4 Å². The zero-order valence-electron chi connectivity index (χ0n) is 13.5. The fourth-order valence-electron chi connectivity index (χ4n) is 2.81. The van der Waals surface area contributed by atoms with Crippen LogP contribution in [0.5, 0.6) is 0 Å². The van der Waals surface area contributed by atoms with Crippen molar-refractivity contribution >= 4 is 11.8 Å². The number of nitrogens with zero attached hydrogens (tertiary/aromatic N) is 2. The average molecular weight is 305 g/mol. The number of hydrogen-bond acceptors (Lipinski definition) is 4. The lowest BCUT2D eigenvalue weighted by Crippen LogP contribution is -2.21. The molecule has 1 aliphatic heterocycles. The number of aryl methyl sites for hydroxylation is 2. The van der Waals surface area contributed by atoms with E-state index in [4.69, 9.17) is 10.1 Å². The van der Waals surface area contributed by atoms with E-state index in [9.17, 15) is 4.79 Å². The maximum Gasteiger partial charge on any atom is 0.303 e. The molecule has 2 N–H and O–H groups in total. The summed E-state index contributed by atoms with van der Waals surface area (Å²) in [6.45, 7) is 2.90. The molecule has 0 fully saturated rings. The van der Waals surface area contributed by atoms with Crippen molar-refractivity contribution in [2.24, 2.45) is 0 Å². The quantitative estimate of drug-likeness (QED) is 0.686. The molecule has 5 heteroatoms. The van der Waals surface area contributed by atoms with Crippen molar-refractivity contribution in [2.75, 3.05) is 32.0 Å². The first-order valence-corrected chi connectivity index (χ1v) is 8.28. The summed E-state index contributed by atoms with van der Waals surface area (Å²) < 4.78 is 0. The van der Waals surface area contributed by atoms with Crippen molar-refractivity contribution in [3.8, 4) is 0 Å². The summed E-state index contributed by atoms with van der Waals surface area (Å²) in [5, 5.41) is 12.0. The predicted molar refractivity (Wildman–Crippen MR) is 88.4 cm³/mol. The van der Waals surface area contributed by atoms with E-state index in [2.05, 4.69) is 29.4 Å². The molecule has 1 aromatic heterocycles. The Labute approximate surface area is 132 Å². The number of unbranched alkanes of at least 4 members (excludes halogenated alkanes) is 1. The monoisotopic (exact) mass is 305 g/mol. The van der Waals surface area contributed by atoms with Crippen LogP contribution in [0.25, 0.3) is 0 Å². The zero-order valence-corrected chi connectivity index (χ0v) is 13.5. The van der Waals surface area contributed by atoms with E-state index in [1.54, 1.807) is 0 Å². The van der Waals surface area contributed by atoms with Crippen LogP contribution >= 0.6 is 0 Å². The topological polar surface area (TPSA) is 65.5 Å². The van der Waals surface area contributed by atoms with Gasteiger partial charge in [0.1, 0.15) is 5.82 Å². The lowest BCUT2D eigenvalue weighted by Gasteiger charge is -2.18. The van der Waals surface area contributed by atoms with E-state index in [1.165, 1.54) is 17.7 Å². The van der Waals surface area contributed by atoms with Crippen molar-refractivity contribution < 1.29 is 9.90 Å². The Hall–Kier alpha value is -1.62. The summed E-state index contributed by atoms with van der Waals surface area (Å²) in [4.78, 5) is 17.4. The Morgan fingerprint density at radius 1 is 1.32 bits per heavy atom. The maximum atomic E-state index is 10.5. The van der Waals surface area contributed by atoms with Gasteiger partial charge in [0.25, 0.3) is 0 Å². The molecule has 122 valence electrons. The molecule has 0 bridgehead atoms. The Kier molecular flexibility index (Phi) is 6.65. The first-order valence-electron chi connectivity index (χ1n) is 8.28. The molecule has 0 aromatic carbocycles.